The first-order valence-electron chi connectivity index (χ1n) is 6.48. The molecule has 2 aromatic carbocycles. The Morgan fingerprint density at radius 1 is 0.950 bits per heavy atom. The molecule has 0 radical (unpaired) electrons. The van der Waals surface area contributed by atoms with Crippen LogP contribution in [0.1, 0.15) is 21.8 Å². The monoisotopic (exact) mass is 267 g/mol. The van der Waals surface area contributed by atoms with E-state index in [-0.39, 0.29) is 16.6 Å². The molecule has 1 aliphatic carbocycles. The molecule has 1 saturated carbocycles. The lowest BCUT2D eigenvalue weighted by atomic mass is 10.0. The average Bonchev–Trinajstić information content (AvgIpc) is 3.24. The molecule has 0 saturated heterocycles. The number of hydrogen-bond donors (Lipinski definition) is 0. The van der Waals surface area contributed by atoms with E-state index < -0.39 is 12.0 Å². The Morgan fingerprint density at radius 2 is 1.50 bits per heavy atom. The van der Waals surface area contributed by atoms with E-state index in [9.17, 15) is 14.9 Å². The molecule has 3 rings (SSSR count). The first-order valence-corrected chi connectivity index (χ1v) is 6.48. The summed E-state index contributed by atoms with van der Waals surface area (Å²) in [5.74, 6) is -0.991. The van der Waals surface area contributed by atoms with Gasteiger partial charge in [-0.2, -0.15) is 0 Å². The van der Waals surface area contributed by atoms with Crippen molar-refractivity contribution in [1.29, 1.82) is 0 Å². The SMILES string of the molecule is O=C(c1ccccc1)[C@H]1[C@H](c2ccccc2)[C@@H]1[N+](=O)[O-]. The summed E-state index contributed by atoms with van der Waals surface area (Å²) in [4.78, 5) is 23.2. The van der Waals surface area contributed by atoms with Crippen molar-refractivity contribution in [3.8, 4) is 0 Å². The van der Waals surface area contributed by atoms with Crippen LogP contribution in [-0.2, 0) is 0 Å². The normalized spacial score (nSPS) is 24.1. The van der Waals surface area contributed by atoms with Crippen LogP contribution in [0.2, 0.25) is 0 Å². The zero-order valence-electron chi connectivity index (χ0n) is 10.7. The van der Waals surface area contributed by atoms with Crippen LogP contribution in [0.25, 0.3) is 0 Å². The average molecular weight is 267 g/mol. The summed E-state index contributed by atoms with van der Waals surface area (Å²) >= 11 is 0. The van der Waals surface area contributed by atoms with E-state index in [1.807, 2.05) is 36.4 Å². The lowest BCUT2D eigenvalue weighted by molar-refractivity contribution is -0.498. The standard InChI is InChI=1S/C16H13NO3/c18-16(12-9-5-2-6-10-12)14-13(15(14)17(19)20)11-7-3-1-4-8-11/h1-10,13-15H/t13-,14-,15-/m0/s1. The maximum atomic E-state index is 12.4. The van der Waals surface area contributed by atoms with Crippen molar-refractivity contribution in [1.82, 2.24) is 0 Å². The summed E-state index contributed by atoms with van der Waals surface area (Å²) in [5, 5.41) is 11.1. The fourth-order valence-electron chi connectivity index (χ4n) is 2.75. The van der Waals surface area contributed by atoms with Crippen molar-refractivity contribution in [2.24, 2.45) is 5.92 Å². The highest BCUT2D eigenvalue weighted by atomic mass is 16.6. The number of nitro groups is 1. The van der Waals surface area contributed by atoms with Gasteiger partial charge in [-0.05, 0) is 5.56 Å². The molecule has 3 atom stereocenters. The first-order chi connectivity index (χ1) is 9.70. The lowest BCUT2D eigenvalue weighted by Gasteiger charge is -1.98. The zero-order chi connectivity index (χ0) is 14.1. The van der Waals surface area contributed by atoms with Crippen LogP contribution in [0.3, 0.4) is 0 Å². The fourth-order valence-corrected chi connectivity index (χ4v) is 2.75. The van der Waals surface area contributed by atoms with Crippen molar-refractivity contribution in [2.75, 3.05) is 0 Å². The van der Waals surface area contributed by atoms with Crippen LogP contribution < -0.4 is 0 Å². The number of carbonyl (C=O) groups excluding carboxylic acids is 1. The summed E-state index contributed by atoms with van der Waals surface area (Å²) in [5.41, 5.74) is 1.41. The number of rotatable bonds is 4. The molecule has 4 nitrogen and oxygen atoms in total. The molecule has 20 heavy (non-hydrogen) atoms. The van der Waals surface area contributed by atoms with Gasteiger partial charge in [0, 0.05) is 10.5 Å². The second kappa shape index (κ2) is 4.89. The second-order valence-corrected chi connectivity index (χ2v) is 4.97. The Kier molecular flexibility index (Phi) is 3.06. The van der Waals surface area contributed by atoms with Crippen molar-refractivity contribution >= 4 is 5.78 Å². The maximum absolute atomic E-state index is 12.4. The van der Waals surface area contributed by atoms with Gasteiger partial charge < -0.3 is 0 Å². The number of nitrogens with zero attached hydrogens (tertiary/aromatic N) is 1. The molecule has 0 spiro atoms. The third kappa shape index (κ3) is 2.09. The first kappa shape index (κ1) is 12.5. The van der Waals surface area contributed by atoms with Gasteiger partial charge in [-0.15, -0.1) is 0 Å². The minimum Gasteiger partial charge on any atom is -0.294 e. The molecule has 0 amide bonds. The summed E-state index contributed by atoms with van der Waals surface area (Å²) in [6.45, 7) is 0. The van der Waals surface area contributed by atoms with Crippen molar-refractivity contribution in [3.63, 3.8) is 0 Å². The van der Waals surface area contributed by atoms with Gasteiger partial charge in [-0.1, -0.05) is 60.7 Å². The molecule has 0 aromatic heterocycles. The van der Waals surface area contributed by atoms with Crippen LogP contribution in [0.15, 0.2) is 60.7 Å². The highest BCUT2D eigenvalue weighted by Crippen LogP contribution is 2.51. The second-order valence-electron chi connectivity index (χ2n) is 4.97. The van der Waals surface area contributed by atoms with E-state index in [2.05, 4.69) is 0 Å². The van der Waals surface area contributed by atoms with Gasteiger partial charge in [0.2, 0.25) is 6.04 Å². The van der Waals surface area contributed by atoms with Gasteiger partial charge in [-0.25, -0.2) is 0 Å². The van der Waals surface area contributed by atoms with Gasteiger partial charge in [0.1, 0.15) is 5.92 Å². The summed E-state index contributed by atoms with van der Waals surface area (Å²) in [6, 6.07) is 17.2. The van der Waals surface area contributed by atoms with Gasteiger partial charge in [0.25, 0.3) is 0 Å². The number of benzene rings is 2. The number of carbonyl (C=O) groups is 1. The van der Waals surface area contributed by atoms with Crippen LogP contribution >= 0.6 is 0 Å². The van der Waals surface area contributed by atoms with Crippen molar-refractivity contribution < 1.29 is 9.72 Å². The predicted molar refractivity (Wildman–Crippen MR) is 74.2 cm³/mol. The largest absolute Gasteiger partial charge is 0.294 e. The minimum atomic E-state index is -0.801. The zero-order valence-corrected chi connectivity index (χ0v) is 10.7. The quantitative estimate of drug-likeness (QED) is 0.486. The fraction of sp³-hybridized carbons (Fsp3) is 0.188. The third-order valence-electron chi connectivity index (χ3n) is 3.77. The van der Waals surface area contributed by atoms with Crippen LogP contribution in [0, 0.1) is 16.0 Å². The Hall–Kier alpha value is -2.49. The van der Waals surface area contributed by atoms with E-state index >= 15 is 0 Å². The minimum absolute atomic E-state index is 0.138. The van der Waals surface area contributed by atoms with Gasteiger partial charge in [-0.3, -0.25) is 14.9 Å². The molecule has 0 aliphatic heterocycles. The van der Waals surface area contributed by atoms with Gasteiger partial charge in [0.05, 0.1) is 5.92 Å². The summed E-state index contributed by atoms with van der Waals surface area (Å²) < 4.78 is 0. The molecule has 0 heterocycles. The van der Waals surface area contributed by atoms with Crippen LogP contribution in [0.4, 0.5) is 0 Å². The summed E-state index contributed by atoms with van der Waals surface area (Å²) in [6.07, 6.45) is 0. The molecule has 0 unspecified atom stereocenters. The summed E-state index contributed by atoms with van der Waals surface area (Å²) in [7, 11) is 0. The highest BCUT2D eigenvalue weighted by Gasteiger charge is 2.64. The van der Waals surface area contributed by atoms with Gasteiger partial charge in [0.15, 0.2) is 5.78 Å². The molecule has 1 aliphatic rings. The van der Waals surface area contributed by atoms with Crippen LogP contribution in [0.5, 0.6) is 0 Å². The van der Waals surface area contributed by atoms with Crippen LogP contribution in [-0.4, -0.2) is 16.7 Å². The van der Waals surface area contributed by atoms with Gasteiger partial charge >= 0.3 is 0 Å². The molecule has 1 fully saturated rings. The Labute approximate surface area is 116 Å². The van der Waals surface area contributed by atoms with Crippen molar-refractivity contribution in [2.45, 2.75) is 12.0 Å². The third-order valence-corrected chi connectivity index (χ3v) is 3.77. The molecule has 0 bridgehead atoms. The molecule has 100 valence electrons. The van der Waals surface area contributed by atoms with E-state index in [0.29, 0.717) is 5.56 Å². The number of ketones is 1. The number of hydrogen-bond acceptors (Lipinski definition) is 3. The van der Waals surface area contributed by atoms with E-state index in [1.165, 1.54) is 0 Å². The maximum Gasteiger partial charge on any atom is 0.231 e. The molecular formula is C16H13NO3. The van der Waals surface area contributed by atoms with E-state index in [1.54, 1.807) is 24.3 Å². The van der Waals surface area contributed by atoms with E-state index in [0.717, 1.165) is 5.56 Å². The molecule has 0 N–H and O–H groups in total. The lowest BCUT2D eigenvalue weighted by Crippen LogP contribution is -2.10. The molecule has 2 aromatic rings. The Bertz CT molecular complexity index is 639. The molecular weight excluding hydrogens is 254 g/mol. The topological polar surface area (TPSA) is 60.2 Å². The van der Waals surface area contributed by atoms with Crippen molar-refractivity contribution in [3.05, 3.63) is 81.9 Å². The molecule has 4 heteroatoms. The van der Waals surface area contributed by atoms with E-state index in [4.69, 9.17) is 0 Å². The Balaban J connectivity index is 1.90. The Morgan fingerprint density at radius 3 is 2.05 bits per heavy atom. The highest BCUT2D eigenvalue weighted by molar-refractivity contribution is 6.01. The number of Topliss-reactive ketones (excluding diaryl/α,β-unsaturated/α-hetero) is 1. The smallest absolute Gasteiger partial charge is 0.231 e. The predicted octanol–water partition coefficient (Wildman–Crippen LogP) is 2.93.